The van der Waals surface area contributed by atoms with E-state index in [1.54, 1.807) is 0 Å². The summed E-state index contributed by atoms with van der Waals surface area (Å²) in [6.45, 7) is 3.17. The maximum Gasteiger partial charge on any atom is 0.0406 e. The van der Waals surface area contributed by atoms with Crippen molar-refractivity contribution < 1.29 is 0 Å². The van der Waals surface area contributed by atoms with Gasteiger partial charge in [-0.2, -0.15) is 0 Å². The average molecular weight is 310 g/mol. The van der Waals surface area contributed by atoms with Crippen molar-refractivity contribution in [1.82, 2.24) is 4.90 Å². The Kier molecular flexibility index (Phi) is 5.10. The van der Waals surface area contributed by atoms with Gasteiger partial charge in [-0.05, 0) is 35.3 Å². The molecule has 0 radical (unpaired) electrons. The van der Waals surface area contributed by atoms with E-state index in [1.807, 2.05) is 24.3 Å². The van der Waals surface area contributed by atoms with Crippen LogP contribution < -0.4 is 0 Å². The van der Waals surface area contributed by atoms with Gasteiger partial charge in [-0.3, -0.25) is 4.90 Å². The fraction of sp³-hybridized carbons (Fsp3) is 0.200. The molecule has 0 fully saturated rings. The van der Waals surface area contributed by atoms with Gasteiger partial charge in [-0.1, -0.05) is 72.3 Å². The molecule has 0 aromatic heterocycles. The normalized spacial score (nSPS) is 16.0. The molecule has 2 aromatic rings. The molecule has 0 saturated carbocycles. The summed E-state index contributed by atoms with van der Waals surface area (Å²) < 4.78 is 0. The molecule has 0 unspecified atom stereocenters. The molecule has 1 aliphatic heterocycles. The lowest BCUT2D eigenvalue weighted by Gasteiger charge is -2.25. The highest BCUT2D eigenvalue weighted by Gasteiger charge is 2.10. The molecule has 1 aliphatic rings. The number of hydrogen-bond acceptors (Lipinski definition) is 1. The van der Waals surface area contributed by atoms with E-state index in [9.17, 15) is 0 Å². The van der Waals surface area contributed by atoms with Crippen LogP contribution in [0.1, 0.15) is 17.5 Å². The van der Waals surface area contributed by atoms with Crippen LogP contribution in [0.4, 0.5) is 0 Å². The van der Waals surface area contributed by atoms with E-state index in [0.29, 0.717) is 0 Å². The average Bonchev–Trinajstić information content (AvgIpc) is 2.57. The van der Waals surface area contributed by atoms with Gasteiger partial charge in [0.25, 0.3) is 0 Å². The highest BCUT2D eigenvalue weighted by atomic mass is 35.5. The molecule has 2 heteroatoms. The van der Waals surface area contributed by atoms with Crippen LogP contribution >= 0.6 is 11.6 Å². The quantitative estimate of drug-likeness (QED) is 0.751. The minimum Gasteiger partial charge on any atom is -0.295 e. The van der Waals surface area contributed by atoms with Crippen molar-refractivity contribution in [3.63, 3.8) is 0 Å². The van der Waals surface area contributed by atoms with Gasteiger partial charge in [-0.25, -0.2) is 0 Å². The van der Waals surface area contributed by atoms with Gasteiger partial charge in [0.2, 0.25) is 0 Å². The summed E-state index contributed by atoms with van der Waals surface area (Å²) in [4.78, 5) is 2.48. The molecule has 1 nitrogen and oxygen atoms in total. The second kappa shape index (κ2) is 7.44. The summed E-state index contributed by atoms with van der Waals surface area (Å²) in [5.74, 6) is 0. The molecule has 0 aliphatic carbocycles. The second-order valence-corrected chi connectivity index (χ2v) is 6.07. The SMILES string of the molecule is Clc1ccc(C=CC2=CCN(Cc3ccccc3)CC2)cc1. The predicted octanol–water partition coefficient (Wildman–Crippen LogP) is 5.19. The number of hydrogen-bond donors (Lipinski definition) is 0. The number of allylic oxidation sites excluding steroid dienone is 1. The maximum atomic E-state index is 5.90. The number of rotatable bonds is 4. The van der Waals surface area contributed by atoms with Gasteiger partial charge in [-0.15, -0.1) is 0 Å². The molecule has 0 saturated heterocycles. The van der Waals surface area contributed by atoms with E-state index in [4.69, 9.17) is 11.6 Å². The minimum atomic E-state index is 0.783. The Bertz CT molecular complexity index is 656. The molecule has 2 aromatic carbocycles. The predicted molar refractivity (Wildman–Crippen MR) is 94.9 cm³/mol. The molecule has 22 heavy (non-hydrogen) atoms. The molecule has 0 atom stereocenters. The Balaban J connectivity index is 1.56. The van der Waals surface area contributed by atoms with E-state index >= 15 is 0 Å². The first-order valence-electron chi connectivity index (χ1n) is 7.68. The lowest BCUT2D eigenvalue weighted by atomic mass is 10.1. The molecule has 0 N–H and O–H groups in total. The van der Waals surface area contributed by atoms with Crippen molar-refractivity contribution >= 4 is 17.7 Å². The van der Waals surface area contributed by atoms with Crippen molar-refractivity contribution in [1.29, 1.82) is 0 Å². The largest absolute Gasteiger partial charge is 0.295 e. The van der Waals surface area contributed by atoms with Crippen molar-refractivity contribution in [3.05, 3.63) is 88.5 Å². The van der Waals surface area contributed by atoms with E-state index in [2.05, 4.69) is 53.5 Å². The van der Waals surface area contributed by atoms with E-state index in [0.717, 1.165) is 31.1 Å². The van der Waals surface area contributed by atoms with E-state index in [-0.39, 0.29) is 0 Å². The minimum absolute atomic E-state index is 0.783. The van der Waals surface area contributed by atoms with Crippen LogP contribution in [0.5, 0.6) is 0 Å². The van der Waals surface area contributed by atoms with Crippen molar-refractivity contribution in [3.8, 4) is 0 Å². The lowest BCUT2D eigenvalue weighted by Crippen LogP contribution is -2.27. The van der Waals surface area contributed by atoms with E-state index in [1.165, 1.54) is 16.7 Å². The summed E-state index contributed by atoms with van der Waals surface area (Å²) in [7, 11) is 0. The van der Waals surface area contributed by atoms with Gasteiger partial charge in [0.15, 0.2) is 0 Å². The zero-order chi connectivity index (χ0) is 15.2. The van der Waals surface area contributed by atoms with Gasteiger partial charge >= 0.3 is 0 Å². The van der Waals surface area contributed by atoms with Gasteiger partial charge in [0, 0.05) is 24.7 Å². The van der Waals surface area contributed by atoms with Crippen LogP contribution in [0.2, 0.25) is 5.02 Å². The lowest BCUT2D eigenvalue weighted by molar-refractivity contribution is 0.287. The molecule has 1 heterocycles. The first-order valence-corrected chi connectivity index (χ1v) is 8.06. The van der Waals surface area contributed by atoms with Crippen LogP contribution in [0, 0.1) is 0 Å². The first-order chi connectivity index (χ1) is 10.8. The Morgan fingerprint density at radius 3 is 2.41 bits per heavy atom. The maximum absolute atomic E-state index is 5.90. The second-order valence-electron chi connectivity index (χ2n) is 5.63. The van der Waals surface area contributed by atoms with Crippen LogP contribution in [-0.2, 0) is 6.54 Å². The third-order valence-corrected chi connectivity index (χ3v) is 4.19. The fourth-order valence-corrected chi connectivity index (χ4v) is 2.77. The highest BCUT2D eigenvalue weighted by Crippen LogP contribution is 2.17. The third kappa shape index (κ3) is 4.33. The van der Waals surface area contributed by atoms with Crippen LogP contribution in [0.15, 0.2) is 72.3 Å². The number of nitrogens with zero attached hydrogens (tertiary/aromatic N) is 1. The molecule has 0 spiro atoms. The Morgan fingerprint density at radius 2 is 1.73 bits per heavy atom. The van der Waals surface area contributed by atoms with Crippen LogP contribution in [-0.4, -0.2) is 18.0 Å². The Hall–Kier alpha value is -1.83. The van der Waals surface area contributed by atoms with Gasteiger partial charge in [0.05, 0.1) is 0 Å². The van der Waals surface area contributed by atoms with Crippen molar-refractivity contribution in [2.45, 2.75) is 13.0 Å². The van der Waals surface area contributed by atoms with Crippen LogP contribution in [0.25, 0.3) is 6.08 Å². The standard InChI is InChI=1S/C20H20ClN/c21-20-10-8-17(9-11-20)6-7-18-12-14-22(15-13-18)16-19-4-2-1-3-5-19/h1-12H,13-16H2. The summed E-state index contributed by atoms with van der Waals surface area (Å²) in [5.41, 5.74) is 3.99. The fourth-order valence-electron chi connectivity index (χ4n) is 2.64. The zero-order valence-corrected chi connectivity index (χ0v) is 13.3. The summed E-state index contributed by atoms with van der Waals surface area (Å²) >= 11 is 5.90. The monoisotopic (exact) mass is 309 g/mol. The van der Waals surface area contributed by atoms with Gasteiger partial charge in [0.1, 0.15) is 0 Å². The van der Waals surface area contributed by atoms with Crippen LogP contribution in [0.3, 0.4) is 0 Å². The number of benzene rings is 2. The van der Waals surface area contributed by atoms with E-state index < -0.39 is 0 Å². The topological polar surface area (TPSA) is 3.24 Å². The molecule has 3 rings (SSSR count). The molecule has 0 bridgehead atoms. The molecular formula is C20H20ClN. The third-order valence-electron chi connectivity index (χ3n) is 3.94. The molecular weight excluding hydrogens is 290 g/mol. The Labute approximate surface area is 137 Å². The zero-order valence-electron chi connectivity index (χ0n) is 12.6. The smallest absolute Gasteiger partial charge is 0.0406 e. The molecule has 0 amide bonds. The summed E-state index contributed by atoms with van der Waals surface area (Å²) in [5, 5.41) is 0.783. The van der Waals surface area contributed by atoms with Crippen molar-refractivity contribution in [2.75, 3.05) is 13.1 Å². The highest BCUT2D eigenvalue weighted by molar-refractivity contribution is 6.30. The summed E-state index contributed by atoms with van der Waals surface area (Å²) in [6.07, 6.45) is 7.83. The first kappa shape index (κ1) is 15.1. The van der Waals surface area contributed by atoms with Gasteiger partial charge < -0.3 is 0 Å². The van der Waals surface area contributed by atoms with Crippen molar-refractivity contribution in [2.24, 2.45) is 0 Å². The Morgan fingerprint density at radius 1 is 0.955 bits per heavy atom. The number of halogens is 1. The summed E-state index contributed by atoms with van der Waals surface area (Å²) in [6, 6.07) is 18.6. The molecule has 112 valence electrons.